The lowest BCUT2D eigenvalue weighted by Gasteiger charge is -1.94. The average molecular weight is 302 g/mol. The number of nitrogens with zero attached hydrogens (tertiary/aromatic N) is 2. The molecule has 0 bridgehead atoms. The van der Waals surface area contributed by atoms with Crippen LogP contribution >= 0.6 is 22.6 Å². The van der Waals surface area contributed by atoms with Crippen molar-refractivity contribution < 1.29 is 4.39 Å². The summed E-state index contributed by atoms with van der Waals surface area (Å²) in [5.41, 5.74) is 1.81. The highest BCUT2D eigenvalue weighted by atomic mass is 127. The van der Waals surface area contributed by atoms with Gasteiger partial charge in [-0.2, -0.15) is 5.10 Å². The van der Waals surface area contributed by atoms with Crippen LogP contribution in [0, 0.1) is 9.52 Å². The molecule has 2 rings (SSSR count). The smallest absolute Gasteiger partial charge is 0.123 e. The lowest BCUT2D eigenvalue weighted by molar-refractivity contribution is 0.628. The number of hydrogen-bond donors (Lipinski definition) is 0. The van der Waals surface area contributed by atoms with Crippen LogP contribution in [0.25, 0.3) is 11.3 Å². The van der Waals surface area contributed by atoms with Crippen molar-refractivity contribution in [2.45, 2.75) is 0 Å². The van der Waals surface area contributed by atoms with Gasteiger partial charge in [0.15, 0.2) is 0 Å². The van der Waals surface area contributed by atoms with Gasteiger partial charge >= 0.3 is 0 Å². The van der Waals surface area contributed by atoms with Crippen LogP contribution in [0.5, 0.6) is 0 Å². The molecule has 14 heavy (non-hydrogen) atoms. The Morgan fingerprint density at radius 2 is 1.93 bits per heavy atom. The molecular formula is C10H8FIN2. The van der Waals surface area contributed by atoms with Crippen molar-refractivity contribution in [3.05, 3.63) is 39.8 Å². The fourth-order valence-corrected chi connectivity index (χ4v) is 1.61. The van der Waals surface area contributed by atoms with Gasteiger partial charge in [-0.1, -0.05) is 0 Å². The molecule has 0 N–H and O–H groups in total. The Labute approximate surface area is 94.9 Å². The first-order chi connectivity index (χ1) is 6.66. The van der Waals surface area contributed by atoms with Crippen LogP contribution in [0.2, 0.25) is 0 Å². The highest BCUT2D eigenvalue weighted by Crippen LogP contribution is 2.19. The van der Waals surface area contributed by atoms with Crippen LogP contribution in [0.3, 0.4) is 0 Å². The minimum Gasteiger partial charge on any atom is -0.262 e. The summed E-state index contributed by atoms with van der Waals surface area (Å²) in [5, 5.41) is 4.30. The van der Waals surface area contributed by atoms with Crippen molar-refractivity contribution in [3.8, 4) is 11.3 Å². The normalized spacial score (nSPS) is 10.5. The fourth-order valence-electron chi connectivity index (χ4n) is 1.21. The summed E-state index contributed by atoms with van der Waals surface area (Å²) in [7, 11) is 1.88. The van der Waals surface area contributed by atoms with E-state index in [-0.39, 0.29) is 5.82 Å². The molecular weight excluding hydrogens is 294 g/mol. The van der Waals surface area contributed by atoms with E-state index in [4.69, 9.17) is 0 Å². The van der Waals surface area contributed by atoms with E-state index in [1.54, 1.807) is 16.8 Å². The third-order valence-electron chi connectivity index (χ3n) is 1.96. The van der Waals surface area contributed by atoms with Crippen molar-refractivity contribution in [2.24, 2.45) is 7.05 Å². The van der Waals surface area contributed by atoms with E-state index in [0.717, 1.165) is 15.0 Å². The van der Waals surface area contributed by atoms with Crippen molar-refractivity contribution in [3.63, 3.8) is 0 Å². The summed E-state index contributed by atoms with van der Waals surface area (Å²) >= 11 is 2.21. The zero-order chi connectivity index (χ0) is 10.1. The summed E-state index contributed by atoms with van der Waals surface area (Å²) in [5.74, 6) is -0.223. The molecule has 0 spiro atoms. The highest BCUT2D eigenvalue weighted by molar-refractivity contribution is 14.1. The maximum absolute atomic E-state index is 12.7. The predicted molar refractivity (Wildman–Crippen MR) is 61.3 cm³/mol. The molecule has 1 aromatic carbocycles. The zero-order valence-corrected chi connectivity index (χ0v) is 9.69. The number of aryl methyl sites for hydroxylation is 1. The second kappa shape index (κ2) is 3.68. The van der Waals surface area contributed by atoms with E-state index >= 15 is 0 Å². The zero-order valence-electron chi connectivity index (χ0n) is 7.54. The predicted octanol–water partition coefficient (Wildman–Crippen LogP) is 2.83. The second-order valence-electron chi connectivity index (χ2n) is 2.98. The van der Waals surface area contributed by atoms with Gasteiger partial charge in [0.25, 0.3) is 0 Å². The molecule has 4 heteroatoms. The van der Waals surface area contributed by atoms with E-state index < -0.39 is 0 Å². The van der Waals surface area contributed by atoms with Gasteiger partial charge in [-0.05, 0) is 52.9 Å². The number of aromatic nitrogens is 2. The first-order valence-electron chi connectivity index (χ1n) is 4.12. The van der Waals surface area contributed by atoms with Gasteiger partial charge in [-0.3, -0.25) is 4.68 Å². The Balaban J connectivity index is 2.44. The Morgan fingerprint density at radius 3 is 2.43 bits per heavy atom. The minimum absolute atomic E-state index is 0.223. The molecule has 2 aromatic rings. The summed E-state index contributed by atoms with van der Waals surface area (Å²) in [6.07, 6.45) is 0. The molecule has 0 saturated heterocycles. The van der Waals surface area contributed by atoms with Crippen LogP contribution < -0.4 is 0 Å². The quantitative estimate of drug-likeness (QED) is 0.741. The van der Waals surface area contributed by atoms with E-state index in [1.807, 2.05) is 13.1 Å². The van der Waals surface area contributed by atoms with Gasteiger partial charge in [0.2, 0.25) is 0 Å². The Bertz CT molecular complexity index is 428. The summed E-state index contributed by atoms with van der Waals surface area (Å²) < 4.78 is 15.5. The molecule has 0 aliphatic heterocycles. The molecule has 1 heterocycles. The molecule has 0 fully saturated rings. The molecule has 0 aliphatic carbocycles. The maximum atomic E-state index is 12.7. The molecule has 0 saturated carbocycles. The minimum atomic E-state index is -0.223. The summed E-state index contributed by atoms with van der Waals surface area (Å²) in [6.45, 7) is 0. The first-order valence-corrected chi connectivity index (χ1v) is 5.20. The van der Waals surface area contributed by atoms with E-state index in [0.29, 0.717) is 0 Å². The van der Waals surface area contributed by atoms with Crippen LogP contribution in [0.4, 0.5) is 4.39 Å². The first kappa shape index (κ1) is 9.64. The average Bonchev–Trinajstić information content (AvgIpc) is 2.48. The Hall–Kier alpha value is -0.910. The van der Waals surface area contributed by atoms with Crippen LogP contribution in [-0.2, 0) is 7.05 Å². The van der Waals surface area contributed by atoms with E-state index in [2.05, 4.69) is 27.7 Å². The molecule has 0 radical (unpaired) electrons. The summed E-state index contributed by atoms with van der Waals surface area (Å²) in [6, 6.07) is 8.31. The van der Waals surface area contributed by atoms with Gasteiger partial charge < -0.3 is 0 Å². The van der Waals surface area contributed by atoms with Gasteiger partial charge in [-0.15, -0.1) is 0 Å². The van der Waals surface area contributed by atoms with Gasteiger partial charge in [0.05, 0.1) is 9.39 Å². The van der Waals surface area contributed by atoms with E-state index in [9.17, 15) is 4.39 Å². The van der Waals surface area contributed by atoms with Crippen LogP contribution in [0.1, 0.15) is 0 Å². The molecule has 0 atom stereocenters. The lowest BCUT2D eigenvalue weighted by Crippen LogP contribution is -1.92. The van der Waals surface area contributed by atoms with Crippen molar-refractivity contribution in [1.82, 2.24) is 9.78 Å². The number of halogens is 2. The van der Waals surface area contributed by atoms with Crippen molar-refractivity contribution in [2.75, 3.05) is 0 Å². The third kappa shape index (κ3) is 1.79. The number of rotatable bonds is 1. The molecule has 2 nitrogen and oxygen atoms in total. The molecule has 1 aromatic heterocycles. The Kier molecular flexibility index (Phi) is 2.54. The topological polar surface area (TPSA) is 17.8 Å². The van der Waals surface area contributed by atoms with Crippen LogP contribution in [-0.4, -0.2) is 9.78 Å². The van der Waals surface area contributed by atoms with Crippen LogP contribution in [0.15, 0.2) is 30.3 Å². The second-order valence-corrected chi connectivity index (χ2v) is 4.09. The van der Waals surface area contributed by atoms with Gasteiger partial charge in [0, 0.05) is 12.6 Å². The van der Waals surface area contributed by atoms with Gasteiger partial charge in [-0.25, -0.2) is 4.39 Å². The number of hydrogen-bond acceptors (Lipinski definition) is 1. The largest absolute Gasteiger partial charge is 0.262 e. The van der Waals surface area contributed by atoms with Crippen molar-refractivity contribution >= 4 is 22.6 Å². The summed E-state index contributed by atoms with van der Waals surface area (Å²) in [4.78, 5) is 0. The molecule has 0 amide bonds. The molecule has 0 aliphatic rings. The molecule has 0 unspecified atom stereocenters. The number of benzene rings is 1. The third-order valence-corrected chi connectivity index (χ3v) is 2.97. The lowest BCUT2D eigenvalue weighted by atomic mass is 10.1. The standard InChI is InChI=1S/C10H8FIN2/c1-14-10(12)6-9(13-14)7-2-4-8(11)5-3-7/h2-6H,1H3. The van der Waals surface area contributed by atoms with E-state index in [1.165, 1.54) is 12.1 Å². The SMILES string of the molecule is Cn1nc(-c2ccc(F)cc2)cc1I. The van der Waals surface area contributed by atoms with Gasteiger partial charge in [0.1, 0.15) is 5.82 Å². The fraction of sp³-hybridized carbons (Fsp3) is 0.100. The Morgan fingerprint density at radius 1 is 1.29 bits per heavy atom. The van der Waals surface area contributed by atoms with Crippen molar-refractivity contribution in [1.29, 1.82) is 0 Å². The highest BCUT2D eigenvalue weighted by Gasteiger charge is 2.04. The molecule has 72 valence electrons. The monoisotopic (exact) mass is 302 g/mol. The maximum Gasteiger partial charge on any atom is 0.123 e.